The first-order valence-electron chi connectivity index (χ1n) is 6.32. The lowest BCUT2D eigenvalue weighted by Crippen LogP contribution is -2.04. The zero-order chi connectivity index (χ0) is 13.4. The molecule has 0 bridgehead atoms. The van der Waals surface area contributed by atoms with Crippen molar-refractivity contribution in [1.82, 2.24) is 9.78 Å². The molecule has 1 N–H and O–H groups in total. The molecule has 3 aromatic rings. The van der Waals surface area contributed by atoms with Crippen LogP contribution in [0.4, 0.5) is 0 Å². The smallest absolute Gasteiger partial charge is 0.0938 e. The van der Waals surface area contributed by atoms with Crippen LogP contribution in [0.25, 0.3) is 9.40 Å². The minimum absolute atomic E-state index is 0.359. The molecule has 0 saturated heterocycles. The number of hydrogen-bond acceptors (Lipinski definition) is 4. The van der Waals surface area contributed by atoms with E-state index in [1.54, 1.807) is 22.7 Å². The van der Waals surface area contributed by atoms with Gasteiger partial charge >= 0.3 is 0 Å². The number of hydrogen-bond donors (Lipinski definition) is 1. The summed E-state index contributed by atoms with van der Waals surface area (Å²) in [6.45, 7) is 4.20. The molecule has 0 aliphatic heterocycles. The number of rotatable bonds is 4. The molecule has 0 aliphatic rings. The number of thiophene rings is 2. The third kappa shape index (κ3) is 2.59. The summed E-state index contributed by atoms with van der Waals surface area (Å²) in [5, 5.41) is 16.9. The van der Waals surface area contributed by atoms with Crippen molar-refractivity contribution in [3.63, 3.8) is 0 Å². The highest BCUT2D eigenvalue weighted by Gasteiger charge is 2.14. The molecule has 1 unspecified atom stereocenters. The van der Waals surface area contributed by atoms with E-state index in [1.165, 1.54) is 9.40 Å². The molecular weight excluding hydrogens is 276 g/mol. The molecule has 0 radical (unpaired) electrons. The van der Waals surface area contributed by atoms with E-state index in [0.29, 0.717) is 12.5 Å². The van der Waals surface area contributed by atoms with E-state index in [0.717, 1.165) is 10.6 Å². The number of nitrogens with zero attached hydrogens (tertiary/aromatic N) is 2. The molecule has 3 rings (SSSR count). The summed E-state index contributed by atoms with van der Waals surface area (Å²) < 4.78 is 4.44. The van der Waals surface area contributed by atoms with Crippen LogP contribution in [0.15, 0.2) is 29.8 Å². The lowest BCUT2D eigenvalue weighted by Gasteiger charge is -2.07. The third-order valence-corrected chi connectivity index (χ3v) is 5.28. The van der Waals surface area contributed by atoms with Crippen molar-refractivity contribution in [3.05, 3.63) is 40.3 Å². The molecule has 0 fully saturated rings. The maximum absolute atomic E-state index is 10.3. The van der Waals surface area contributed by atoms with Crippen molar-refractivity contribution < 1.29 is 5.11 Å². The first kappa shape index (κ1) is 12.8. The van der Waals surface area contributed by atoms with Gasteiger partial charge in [0.1, 0.15) is 0 Å². The predicted octanol–water partition coefficient (Wildman–Crippen LogP) is 4.02. The first-order valence-corrected chi connectivity index (χ1v) is 8.02. The summed E-state index contributed by atoms with van der Waals surface area (Å²) in [6, 6.07) is 6.54. The molecule has 19 heavy (non-hydrogen) atoms. The first-order chi connectivity index (χ1) is 9.13. The number of fused-ring (bicyclic) bond motifs is 1. The van der Waals surface area contributed by atoms with E-state index in [9.17, 15) is 5.11 Å². The van der Waals surface area contributed by atoms with E-state index in [4.69, 9.17) is 0 Å². The summed E-state index contributed by atoms with van der Waals surface area (Å²) in [6.07, 6.45) is 2.09. The van der Waals surface area contributed by atoms with Gasteiger partial charge in [0.2, 0.25) is 0 Å². The van der Waals surface area contributed by atoms with E-state index in [1.807, 2.05) is 16.9 Å². The van der Waals surface area contributed by atoms with Crippen LogP contribution in [-0.2, 0) is 6.42 Å². The average molecular weight is 292 g/mol. The Hall–Kier alpha value is -1.17. The standard InChI is InChI=1S/C14H16N2OS2/c1-9(2)16-5-3-10(15-16)7-11(17)13-8-14-12(19-13)4-6-18-14/h3-6,8-9,11,17H,7H2,1-2H3. The zero-order valence-electron chi connectivity index (χ0n) is 10.9. The fourth-order valence-corrected chi connectivity index (χ4v) is 4.13. The summed E-state index contributed by atoms with van der Waals surface area (Å²) in [5.74, 6) is 0. The second kappa shape index (κ2) is 5.07. The molecule has 100 valence electrons. The summed E-state index contributed by atoms with van der Waals surface area (Å²) in [7, 11) is 0. The normalized spacial score (nSPS) is 13.5. The molecule has 3 heterocycles. The summed E-state index contributed by atoms with van der Waals surface area (Å²) >= 11 is 3.39. The minimum Gasteiger partial charge on any atom is -0.387 e. The van der Waals surface area contributed by atoms with E-state index in [-0.39, 0.29) is 0 Å². The number of aliphatic hydroxyl groups is 1. The average Bonchev–Trinajstić information content (AvgIpc) is 3.02. The fourth-order valence-electron chi connectivity index (χ4n) is 2.02. The maximum Gasteiger partial charge on any atom is 0.0938 e. The highest BCUT2D eigenvalue weighted by molar-refractivity contribution is 7.26. The van der Waals surface area contributed by atoms with Gasteiger partial charge in [0.15, 0.2) is 0 Å². The monoisotopic (exact) mass is 292 g/mol. The lowest BCUT2D eigenvalue weighted by atomic mass is 10.2. The quantitative estimate of drug-likeness (QED) is 0.789. The molecule has 3 aromatic heterocycles. The van der Waals surface area contributed by atoms with Gasteiger partial charge in [-0.25, -0.2) is 0 Å². The Labute approximate surface area is 120 Å². The largest absolute Gasteiger partial charge is 0.387 e. The summed E-state index contributed by atoms with van der Waals surface area (Å²) in [4.78, 5) is 1.03. The van der Waals surface area contributed by atoms with Crippen LogP contribution in [0.5, 0.6) is 0 Å². The SMILES string of the molecule is CC(C)n1ccc(CC(O)c2cc3sccc3s2)n1. The Bertz CT molecular complexity index is 652. The molecule has 5 heteroatoms. The van der Waals surface area contributed by atoms with Crippen LogP contribution in [0.3, 0.4) is 0 Å². The zero-order valence-corrected chi connectivity index (χ0v) is 12.5. The lowest BCUT2D eigenvalue weighted by molar-refractivity contribution is 0.180. The van der Waals surface area contributed by atoms with E-state index in [2.05, 4.69) is 36.5 Å². The highest BCUT2D eigenvalue weighted by atomic mass is 32.1. The molecule has 0 aliphatic carbocycles. The second-order valence-electron chi connectivity index (χ2n) is 4.90. The van der Waals surface area contributed by atoms with Gasteiger partial charge in [0, 0.05) is 32.9 Å². The van der Waals surface area contributed by atoms with Crippen molar-refractivity contribution in [2.24, 2.45) is 0 Å². The van der Waals surface area contributed by atoms with Crippen molar-refractivity contribution >= 4 is 32.1 Å². The van der Waals surface area contributed by atoms with Crippen LogP contribution in [0.2, 0.25) is 0 Å². The van der Waals surface area contributed by atoms with Gasteiger partial charge < -0.3 is 5.11 Å². The minimum atomic E-state index is -0.458. The van der Waals surface area contributed by atoms with Crippen LogP contribution in [0.1, 0.15) is 36.6 Å². The maximum atomic E-state index is 10.3. The predicted molar refractivity (Wildman–Crippen MR) is 81.0 cm³/mol. The van der Waals surface area contributed by atoms with Crippen LogP contribution in [-0.4, -0.2) is 14.9 Å². The molecular formula is C14H16N2OS2. The topological polar surface area (TPSA) is 38.0 Å². The van der Waals surface area contributed by atoms with Gasteiger partial charge in [-0.1, -0.05) is 0 Å². The van der Waals surface area contributed by atoms with Gasteiger partial charge in [0.05, 0.1) is 11.8 Å². The van der Waals surface area contributed by atoms with E-state index < -0.39 is 6.10 Å². The van der Waals surface area contributed by atoms with Gasteiger partial charge in [0.25, 0.3) is 0 Å². The van der Waals surface area contributed by atoms with Crippen molar-refractivity contribution in [3.8, 4) is 0 Å². The Morgan fingerprint density at radius 2 is 2.16 bits per heavy atom. The van der Waals surface area contributed by atoms with Crippen LogP contribution < -0.4 is 0 Å². The molecule has 1 atom stereocenters. The van der Waals surface area contributed by atoms with Gasteiger partial charge in [-0.05, 0) is 37.4 Å². The van der Waals surface area contributed by atoms with Crippen molar-refractivity contribution in [2.75, 3.05) is 0 Å². The third-order valence-electron chi connectivity index (χ3n) is 3.08. The molecule has 0 aromatic carbocycles. The molecule has 3 nitrogen and oxygen atoms in total. The molecule has 0 amide bonds. The molecule has 0 spiro atoms. The Morgan fingerprint density at radius 3 is 2.84 bits per heavy atom. The van der Waals surface area contributed by atoms with E-state index >= 15 is 0 Å². The summed E-state index contributed by atoms with van der Waals surface area (Å²) in [5.41, 5.74) is 0.943. The second-order valence-corrected chi connectivity index (χ2v) is 6.96. The number of aromatic nitrogens is 2. The molecule has 0 saturated carbocycles. The van der Waals surface area contributed by atoms with Gasteiger partial charge in [-0.15, -0.1) is 22.7 Å². The van der Waals surface area contributed by atoms with Crippen LogP contribution in [0, 0.1) is 0 Å². The Kier molecular flexibility index (Phi) is 3.43. The Balaban J connectivity index is 1.76. The fraction of sp³-hybridized carbons (Fsp3) is 0.357. The van der Waals surface area contributed by atoms with Crippen LogP contribution >= 0.6 is 22.7 Å². The number of aliphatic hydroxyl groups excluding tert-OH is 1. The van der Waals surface area contributed by atoms with Crippen molar-refractivity contribution in [2.45, 2.75) is 32.4 Å². The van der Waals surface area contributed by atoms with Crippen molar-refractivity contribution in [1.29, 1.82) is 0 Å². The van der Waals surface area contributed by atoms with Gasteiger partial charge in [-0.2, -0.15) is 5.10 Å². The Morgan fingerprint density at radius 1 is 1.32 bits per heavy atom. The van der Waals surface area contributed by atoms with Gasteiger partial charge in [-0.3, -0.25) is 4.68 Å². The highest BCUT2D eigenvalue weighted by Crippen LogP contribution is 2.34.